The zero-order chi connectivity index (χ0) is 9.80. The molecule has 1 heterocycles. The number of hydrogen-bond acceptors (Lipinski definition) is 1. The van der Waals surface area contributed by atoms with E-state index >= 15 is 0 Å². The Morgan fingerprint density at radius 2 is 1.64 bits per heavy atom. The van der Waals surface area contributed by atoms with Gasteiger partial charge in [-0.2, -0.15) is 0 Å². The normalized spacial score (nSPS) is 10.0. The second kappa shape index (κ2) is 3.92. The fourth-order valence-corrected chi connectivity index (χ4v) is 1.39. The third-order valence-electron chi connectivity index (χ3n) is 2.14. The van der Waals surface area contributed by atoms with E-state index in [9.17, 15) is 0 Å². The van der Waals surface area contributed by atoms with Crippen LogP contribution in [0.5, 0.6) is 0 Å². The van der Waals surface area contributed by atoms with Crippen LogP contribution in [0.25, 0.3) is 0 Å². The smallest absolute Gasteiger partial charge is 0.124 e. The second-order valence-electron chi connectivity index (χ2n) is 3.20. The van der Waals surface area contributed by atoms with Crippen LogP contribution in [0.3, 0.4) is 0 Å². The fourth-order valence-electron chi connectivity index (χ4n) is 1.39. The first-order valence-corrected chi connectivity index (χ1v) is 4.60. The van der Waals surface area contributed by atoms with E-state index in [4.69, 9.17) is 5.41 Å². The summed E-state index contributed by atoms with van der Waals surface area (Å²) < 4.78 is 1.91. The monoisotopic (exact) mass is 184 g/mol. The minimum atomic E-state index is 0.538. The topological polar surface area (TPSA) is 28.8 Å². The minimum absolute atomic E-state index is 0.538. The Labute approximate surface area is 83.0 Å². The summed E-state index contributed by atoms with van der Waals surface area (Å²) in [5, 5.41) is 7.68. The Hall–Kier alpha value is -1.83. The number of nitrogens with one attached hydrogen (secondary N) is 1. The number of rotatable bonds is 2. The Morgan fingerprint density at radius 3 is 2.36 bits per heavy atom. The summed E-state index contributed by atoms with van der Waals surface area (Å²) in [5.74, 6) is 0. The van der Waals surface area contributed by atoms with Crippen molar-refractivity contribution in [2.45, 2.75) is 6.54 Å². The highest BCUT2D eigenvalue weighted by Gasteiger charge is 1.92. The molecule has 0 spiro atoms. The molecule has 70 valence electrons. The van der Waals surface area contributed by atoms with Crippen molar-refractivity contribution in [3.8, 4) is 0 Å². The maximum absolute atomic E-state index is 7.68. The highest BCUT2D eigenvalue weighted by molar-refractivity contribution is 5.15. The summed E-state index contributed by atoms with van der Waals surface area (Å²) in [6.07, 6.45) is 1.93. The third kappa shape index (κ3) is 1.91. The molecule has 2 heteroatoms. The molecule has 0 unspecified atom stereocenters. The van der Waals surface area contributed by atoms with Crippen molar-refractivity contribution < 1.29 is 0 Å². The summed E-state index contributed by atoms with van der Waals surface area (Å²) in [6, 6.07) is 15.8. The molecule has 0 atom stereocenters. The van der Waals surface area contributed by atoms with Gasteiger partial charge in [-0.05, 0) is 17.7 Å². The average molecular weight is 184 g/mol. The summed E-state index contributed by atoms with van der Waals surface area (Å²) in [4.78, 5) is 0. The van der Waals surface area contributed by atoms with Gasteiger partial charge in [0, 0.05) is 12.7 Å². The molecule has 2 rings (SSSR count). The molecule has 2 nitrogen and oxygen atoms in total. The van der Waals surface area contributed by atoms with E-state index in [1.165, 1.54) is 5.56 Å². The van der Waals surface area contributed by atoms with Crippen molar-refractivity contribution in [1.82, 2.24) is 4.57 Å². The average Bonchev–Trinajstić information content (AvgIpc) is 2.23. The standard InChI is InChI=1S/C12H12N2/c13-12-8-4-5-9-14(12)10-11-6-2-1-3-7-11/h1-9,13H,10H2. The van der Waals surface area contributed by atoms with Crippen molar-refractivity contribution in [3.05, 3.63) is 65.8 Å². The summed E-state index contributed by atoms with van der Waals surface area (Å²) >= 11 is 0. The van der Waals surface area contributed by atoms with Crippen LogP contribution in [0.2, 0.25) is 0 Å². The molecular formula is C12H12N2. The molecule has 0 saturated heterocycles. The van der Waals surface area contributed by atoms with E-state index in [0.29, 0.717) is 5.49 Å². The Bertz CT molecular complexity index is 457. The van der Waals surface area contributed by atoms with E-state index in [1.807, 2.05) is 41.1 Å². The molecule has 0 aliphatic rings. The van der Waals surface area contributed by atoms with E-state index in [2.05, 4.69) is 12.1 Å². The first kappa shape index (κ1) is 8.75. The maximum Gasteiger partial charge on any atom is 0.124 e. The second-order valence-corrected chi connectivity index (χ2v) is 3.20. The highest BCUT2D eigenvalue weighted by Crippen LogP contribution is 1.99. The van der Waals surface area contributed by atoms with Gasteiger partial charge in [-0.3, -0.25) is 5.41 Å². The lowest BCUT2D eigenvalue weighted by Gasteiger charge is -2.05. The third-order valence-corrected chi connectivity index (χ3v) is 2.14. The van der Waals surface area contributed by atoms with Gasteiger partial charge in [0.15, 0.2) is 0 Å². The van der Waals surface area contributed by atoms with Gasteiger partial charge in [0.2, 0.25) is 0 Å². The van der Waals surface area contributed by atoms with Crippen LogP contribution in [0.1, 0.15) is 5.56 Å². The quantitative estimate of drug-likeness (QED) is 0.739. The van der Waals surface area contributed by atoms with Crippen LogP contribution >= 0.6 is 0 Å². The number of nitrogens with zero attached hydrogens (tertiary/aromatic N) is 1. The van der Waals surface area contributed by atoms with Gasteiger partial charge < -0.3 is 4.57 Å². The lowest BCUT2D eigenvalue weighted by molar-refractivity contribution is 0.731. The van der Waals surface area contributed by atoms with Crippen LogP contribution in [-0.2, 0) is 6.54 Å². The molecule has 0 aliphatic heterocycles. The summed E-state index contributed by atoms with van der Waals surface area (Å²) in [6.45, 7) is 0.764. The van der Waals surface area contributed by atoms with Crippen molar-refractivity contribution >= 4 is 0 Å². The van der Waals surface area contributed by atoms with Crippen LogP contribution in [-0.4, -0.2) is 4.57 Å². The van der Waals surface area contributed by atoms with Gasteiger partial charge in [-0.25, -0.2) is 0 Å². The Morgan fingerprint density at radius 1 is 0.929 bits per heavy atom. The van der Waals surface area contributed by atoms with Crippen LogP contribution < -0.4 is 5.49 Å². The Balaban J connectivity index is 2.28. The molecule has 1 aromatic heterocycles. The molecule has 0 bridgehead atoms. The van der Waals surface area contributed by atoms with Gasteiger partial charge >= 0.3 is 0 Å². The largest absolute Gasteiger partial charge is 0.329 e. The molecule has 1 aromatic carbocycles. The maximum atomic E-state index is 7.68. The van der Waals surface area contributed by atoms with Crippen molar-refractivity contribution in [2.75, 3.05) is 0 Å². The zero-order valence-corrected chi connectivity index (χ0v) is 7.85. The number of hydrogen-bond donors (Lipinski definition) is 1. The molecule has 0 amide bonds. The minimum Gasteiger partial charge on any atom is -0.329 e. The van der Waals surface area contributed by atoms with Gasteiger partial charge in [-0.15, -0.1) is 0 Å². The van der Waals surface area contributed by atoms with E-state index < -0.39 is 0 Å². The Kier molecular flexibility index (Phi) is 2.45. The predicted octanol–water partition coefficient (Wildman–Crippen LogP) is 2.02. The lowest BCUT2D eigenvalue weighted by Crippen LogP contribution is -2.18. The van der Waals surface area contributed by atoms with Crippen LogP contribution in [0.4, 0.5) is 0 Å². The van der Waals surface area contributed by atoms with Crippen molar-refractivity contribution in [1.29, 1.82) is 5.41 Å². The van der Waals surface area contributed by atoms with Gasteiger partial charge in [-0.1, -0.05) is 36.4 Å². The number of benzene rings is 1. The first-order valence-electron chi connectivity index (χ1n) is 4.60. The number of pyridine rings is 1. The lowest BCUT2D eigenvalue weighted by atomic mass is 10.2. The van der Waals surface area contributed by atoms with E-state index in [0.717, 1.165) is 6.54 Å². The number of aromatic nitrogens is 1. The molecule has 0 radical (unpaired) electrons. The highest BCUT2D eigenvalue weighted by atomic mass is 15.0. The molecular weight excluding hydrogens is 172 g/mol. The molecule has 0 aliphatic carbocycles. The van der Waals surface area contributed by atoms with Crippen LogP contribution in [0, 0.1) is 5.41 Å². The molecule has 0 saturated carbocycles. The van der Waals surface area contributed by atoms with Gasteiger partial charge in [0.25, 0.3) is 0 Å². The van der Waals surface area contributed by atoms with Crippen LogP contribution in [0.15, 0.2) is 54.7 Å². The van der Waals surface area contributed by atoms with E-state index in [1.54, 1.807) is 6.07 Å². The van der Waals surface area contributed by atoms with Crippen molar-refractivity contribution in [3.63, 3.8) is 0 Å². The van der Waals surface area contributed by atoms with Gasteiger partial charge in [0.05, 0.1) is 0 Å². The fraction of sp³-hybridized carbons (Fsp3) is 0.0833. The van der Waals surface area contributed by atoms with Gasteiger partial charge in [0.1, 0.15) is 5.49 Å². The molecule has 1 N–H and O–H groups in total. The summed E-state index contributed by atoms with van der Waals surface area (Å²) in [5.41, 5.74) is 1.76. The zero-order valence-electron chi connectivity index (χ0n) is 7.85. The SMILES string of the molecule is N=c1ccccn1Cc1ccccc1. The first-order chi connectivity index (χ1) is 6.86. The summed E-state index contributed by atoms with van der Waals surface area (Å²) in [7, 11) is 0. The molecule has 14 heavy (non-hydrogen) atoms. The predicted molar refractivity (Wildman–Crippen MR) is 55.8 cm³/mol. The van der Waals surface area contributed by atoms with E-state index in [-0.39, 0.29) is 0 Å². The molecule has 0 fully saturated rings. The molecule has 2 aromatic rings. The van der Waals surface area contributed by atoms with Crippen molar-refractivity contribution in [2.24, 2.45) is 0 Å².